The SMILES string of the molecule is O=C(Cc1ccc2cc(Cl)ccc2n1)N1CCCC1. The lowest BCUT2D eigenvalue weighted by Gasteiger charge is -2.14. The van der Waals surface area contributed by atoms with Crippen molar-refractivity contribution in [2.45, 2.75) is 19.3 Å². The van der Waals surface area contributed by atoms with Crippen LogP contribution in [0.25, 0.3) is 10.9 Å². The number of carbonyl (C=O) groups is 1. The topological polar surface area (TPSA) is 33.2 Å². The van der Waals surface area contributed by atoms with Gasteiger partial charge in [-0.2, -0.15) is 0 Å². The van der Waals surface area contributed by atoms with E-state index in [2.05, 4.69) is 4.98 Å². The predicted octanol–water partition coefficient (Wildman–Crippen LogP) is 3.05. The summed E-state index contributed by atoms with van der Waals surface area (Å²) in [5, 5.41) is 1.71. The number of likely N-dealkylation sites (tertiary alicyclic amines) is 1. The fraction of sp³-hybridized carbons (Fsp3) is 0.333. The number of halogens is 1. The van der Waals surface area contributed by atoms with Crippen LogP contribution in [0.4, 0.5) is 0 Å². The van der Waals surface area contributed by atoms with Crippen molar-refractivity contribution in [3.63, 3.8) is 0 Å². The van der Waals surface area contributed by atoms with E-state index in [9.17, 15) is 4.79 Å². The van der Waals surface area contributed by atoms with E-state index >= 15 is 0 Å². The third-order valence-electron chi connectivity index (χ3n) is 3.50. The molecule has 3 rings (SSSR count). The average Bonchev–Trinajstić information content (AvgIpc) is 2.93. The maximum absolute atomic E-state index is 12.1. The molecule has 1 aromatic carbocycles. The highest BCUT2D eigenvalue weighted by molar-refractivity contribution is 6.31. The summed E-state index contributed by atoms with van der Waals surface area (Å²) in [5.41, 5.74) is 1.71. The van der Waals surface area contributed by atoms with E-state index < -0.39 is 0 Å². The third-order valence-corrected chi connectivity index (χ3v) is 3.74. The number of nitrogens with zero attached hydrogens (tertiary/aromatic N) is 2. The van der Waals surface area contributed by atoms with Gasteiger partial charge >= 0.3 is 0 Å². The molecular weight excluding hydrogens is 260 g/mol. The van der Waals surface area contributed by atoms with Gasteiger partial charge in [-0.1, -0.05) is 17.7 Å². The van der Waals surface area contributed by atoms with Gasteiger partial charge in [0.25, 0.3) is 0 Å². The lowest BCUT2D eigenvalue weighted by atomic mass is 10.1. The van der Waals surface area contributed by atoms with Crippen LogP contribution < -0.4 is 0 Å². The molecule has 1 aliphatic heterocycles. The molecular formula is C15H15ClN2O. The van der Waals surface area contributed by atoms with E-state index in [1.807, 2.05) is 35.2 Å². The molecule has 0 unspecified atom stereocenters. The first-order valence-corrected chi connectivity index (χ1v) is 6.93. The van der Waals surface area contributed by atoms with Gasteiger partial charge in [-0.3, -0.25) is 9.78 Å². The fourth-order valence-corrected chi connectivity index (χ4v) is 2.65. The van der Waals surface area contributed by atoms with Crippen LogP contribution in [0.2, 0.25) is 5.02 Å². The molecule has 0 atom stereocenters. The molecule has 1 saturated heterocycles. The highest BCUT2D eigenvalue weighted by Crippen LogP contribution is 2.18. The van der Waals surface area contributed by atoms with Gasteiger partial charge in [-0.25, -0.2) is 0 Å². The van der Waals surface area contributed by atoms with Crippen LogP contribution >= 0.6 is 11.6 Å². The van der Waals surface area contributed by atoms with Gasteiger partial charge in [0.05, 0.1) is 17.6 Å². The lowest BCUT2D eigenvalue weighted by molar-refractivity contribution is -0.129. The Morgan fingerprint density at radius 1 is 1.21 bits per heavy atom. The molecule has 0 saturated carbocycles. The fourth-order valence-electron chi connectivity index (χ4n) is 2.47. The Labute approximate surface area is 117 Å². The highest BCUT2D eigenvalue weighted by atomic mass is 35.5. The molecule has 2 heterocycles. The maximum atomic E-state index is 12.1. The minimum Gasteiger partial charge on any atom is -0.342 e. The van der Waals surface area contributed by atoms with Crippen molar-refractivity contribution in [2.75, 3.05) is 13.1 Å². The number of rotatable bonds is 2. The van der Waals surface area contributed by atoms with Gasteiger partial charge in [0.15, 0.2) is 0 Å². The van der Waals surface area contributed by atoms with E-state index in [0.717, 1.165) is 42.5 Å². The molecule has 3 nitrogen and oxygen atoms in total. The second-order valence-electron chi connectivity index (χ2n) is 4.90. The van der Waals surface area contributed by atoms with E-state index in [1.165, 1.54) is 0 Å². The van der Waals surface area contributed by atoms with E-state index in [1.54, 1.807) is 0 Å². The Morgan fingerprint density at radius 2 is 2.00 bits per heavy atom. The molecule has 0 radical (unpaired) electrons. The first-order chi connectivity index (χ1) is 9.22. The normalized spacial score (nSPS) is 15.1. The van der Waals surface area contributed by atoms with Gasteiger partial charge in [0.1, 0.15) is 0 Å². The van der Waals surface area contributed by atoms with Gasteiger partial charge in [0.2, 0.25) is 5.91 Å². The third kappa shape index (κ3) is 2.71. The van der Waals surface area contributed by atoms with Crippen LogP contribution in [0, 0.1) is 0 Å². The van der Waals surface area contributed by atoms with E-state index in [4.69, 9.17) is 11.6 Å². The summed E-state index contributed by atoms with van der Waals surface area (Å²) in [6, 6.07) is 9.48. The van der Waals surface area contributed by atoms with Gasteiger partial charge in [-0.15, -0.1) is 0 Å². The Morgan fingerprint density at radius 3 is 2.79 bits per heavy atom. The molecule has 2 aromatic rings. The number of aromatic nitrogens is 1. The number of hydrogen-bond acceptors (Lipinski definition) is 2. The molecule has 98 valence electrons. The van der Waals surface area contributed by atoms with Gasteiger partial charge < -0.3 is 4.90 Å². The molecule has 0 spiro atoms. The summed E-state index contributed by atoms with van der Waals surface area (Å²) >= 11 is 5.94. The average molecular weight is 275 g/mol. The second kappa shape index (κ2) is 5.17. The van der Waals surface area contributed by atoms with Crippen molar-refractivity contribution in [3.8, 4) is 0 Å². The molecule has 4 heteroatoms. The minimum absolute atomic E-state index is 0.179. The van der Waals surface area contributed by atoms with Gasteiger partial charge in [-0.05, 0) is 37.1 Å². The number of hydrogen-bond donors (Lipinski definition) is 0. The minimum atomic E-state index is 0.179. The zero-order chi connectivity index (χ0) is 13.2. The second-order valence-corrected chi connectivity index (χ2v) is 5.34. The first-order valence-electron chi connectivity index (χ1n) is 6.55. The maximum Gasteiger partial charge on any atom is 0.228 e. The van der Waals surface area contributed by atoms with Crippen molar-refractivity contribution in [3.05, 3.63) is 41.0 Å². The quantitative estimate of drug-likeness (QED) is 0.843. The summed E-state index contributed by atoms with van der Waals surface area (Å²) in [4.78, 5) is 18.5. The van der Waals surface area contributed by atoms with Crippen LogP contribution in [0.15, 0.2) is 30.3 Å². The molecule has 0 N–H and O–H groups in total. The Balaban J connectivity index is 1.81. The summed E-state index contributed by atoms with van der Waals surface area (Å²) in [6.45, 7) is 1.78. The van der Waals surface area contributed by atoms with Crippen LogP contribution in [-0.2, 0) is 11.2 Å². The zero-order valence-electron chi connectivity index (χ0n) is 10.6. The number of amides is 1. The van der Waals surface area contributed by atoms with Crippen molar-refractivity contribution < 1.29 is 4.79 Å². The summed E-state index contributed by atoms with van der Waals surface area (Å²) in [7, 11) is 0. The van der Waals surface area contributed by atoms with Crippen molar-refractivity contribution >= 4 is 28.4 Å². The smallest absolute Gasteiger partial charge is 0.228 e. The first kappa shape index (κ1) is 12.4. The summed E-state index contributed by atoms with van der Waals surface area (Å²) in [5.74, 6) is 0.179. The monoisotopic (exact) mass is 274 g/mol. The molecule has 19 heavy (non-hydrogen) atoms. The predicted molar refractivity (Wildman–Crippen MR) is 76.3 cm³/mol. The standard InChI is InChI=1S/C15H15ClN2O/c16-12-4-6-14-11(9-12)3-5-13(17-14)10-15(19)18-7-1-2-8-18/h3-6,9H,1-2,7-8,10H2. The number of benzene rings is 1. The molecule has 1 aliphatic rings. The van der Waals surface area contributed by atoms with Crippen LogP contribution in [-0.4, -0.2) is 28.9 Å². The Bertz CT molecular complexity index is 621. The van der Waals surface area contributed by atoms with Crippen LogP contribution in [0.3, 0.4) is 0 Å². The number of carbonyl (C=O) groups excluding carboxylic acids is 1. The Hall–Kier alpha value is -1.61. The Kier molecular flexibility index (Phi) is 3.38. The summed E-state index contributed by atoms with van der Waals surface area (Å²) < 4.78 is 0. The number of pyridine rings is 1. The largest absolute Gasteiger partial charge is 0.342 e. The highest BCUT2D eigenvalue weighted by Gasteiger charge is 2.18. The lowest BCUT2D eigenvalue weighted by Crippen LogP contribution is -2.29. The number of fused-ring (bicyclic) bond motifs is 1. The van der Waals surface area contributed by atoms with E-state index in [-0.39, 0.29) is 5.91 Å². The van der Waals surface area contributed by atoms with Crippen molar-refractivity contribution in [1.29, 1.82) is 0 Å². The molecule has 0 bridgehead atoms. The van der Waals surface area contributed by atoms with Crippen molar-refractivity contribution in [2.24, 2.45) is 0 Å². The summed E-state index contributed by atoms with van der Waals surface area (Å²) in [6.07, 6.45) is 2.63. The van der Waals surface area contributed by atoms with E-state index in [0.29, 0.717) is 11.4 Å². The molecule has 1 fully saturated rings. The molecule has 1 amide bonds. The zero-order valence-corrected chi connectivity index (χ0v) is 11.4. The van der Waals surface area contributed by atoms with Gasteiger partial charge in [0, 0.05) is 23.5 Å². The van der Waals surface area contributed by atoms with Crippen LogP contribution in [0.5, 0.6) is 0 Å². The van der Waals surface area contributed by atoms with Crippen molar-refractivity contribution in [1.82, 2.24) is 9.88 Å². The molecule has 0 aliphatic carbocycles. The van der Waals surface area contributed by atoms with Crippen LogP contribution in [0.1, 0.15) is 18.5 Å². The molecule has 1 aromatic heterocycles.